The molecule has 0 aliphatic carbocycles. The molecule has 0 saturated carbocycles. The molecule has 2 aromatic rings. The molecule has 1 N–H and O–H groups in total. The minimum atomic E-state index is -0.208. The van der Waals surface area contributed by atoms with Crippen molar-refractivity contribution in [2.45, 2.75) is 39.2 Å². The number of halogens is 1. The summed E-state index contributed by atoms with van der Waals surface area (Å²) in [5.74, 6) is 0.106. The second-order valence-corrected chi connectivity index (χ2v) is 7.50. The van der Waals surface area contributed by atoms with Gasteiger partial charge in [0, 0.05) is 19.0 Å². The minimum absolute atomic E-state index is 0.129. The van der Waals surface area contributed by atoms with E-state index in [-0.39, 0.29) is 17.6 Å². The van der Waals surface area contributed by atoms with Crippen LogP contribution in [-0.4, -0.2) is 30.4 Å². The lowest BCUT2D eigenvalue weighted by atomic mass is 9.95. The van der Waals surface area contributed by atoms with Crippen LogP contribution in [0.3, 0.4) is 0 Å². The summed E-state index contributed by atoms with van der Waals surface area (Å²) in [6, 6.07) is 15.1. The number of hydrogen-bond acceptors (Lipinski definition) is 2. The van der Waals surface area contributed by atoms with Gasteiger partial charge < -0.3 is 5.32 Å². The molecule has 4 heteroatoms. The molecule has 1 heterocycles. The lowest BCUT2D eigenvalue weighted by Gasteiger charge is -2.31. The van der Waals surface area contributed by atoms with Crippen molar-refractivity contribution in [2.24, 2.45) is 5.92 Å². The van der Waals surface area contributed by atoms with Crippen LogP contribution in [0.25, 0.3) is 0 Å². The van der Waals surface area contributed by atoms with Gasteiger partial charge in [0.1, 0.15) is 5.82 Å². The Balaban J connectivity index is 1.34. The van der Waals surface area contributed by atoms with Crippen LogP contribution in [0.5, 0.6) is 0 Å². The van der Waals surface area contributed by atoms with Gasteiger partial charge >= 0.3 is 0 Å². The van der Waals surface area contributed by atoms with Crippen molar-refractivity contribution in [1.29, 1.82) is 0 Å². The SMILES string of the molecule is Cc1ccccc1CN1CCC(C(=O)NCCCc2ccc(F)cc2)CC1. The fourth-order valence-electron chi connectivity index (χ4n) is 3.68. The van der Waals surface area contributed by atoms with E-state index >= 15 is 0 Å². The highest BCUT2D eigenvalue weighted by molar-refractivity contribution is 5.78. The summed E-state index contributed by atoms with van der Waals surface area (Å²) in [7, 11) is 0. The quantitative estimate of drug-likeness (QED) is 0.747. The monoisotopic (exact) mass is 368 g/mol. The zero-order chi connectivity index (χ0) is 19.1. The van der Waals surface area contributed by atoms with Gasteiger partial charge in [-0.1, -0.05) is 36.4 Å². The number of benzene rings is 2. The average Bonchev–Trinajstić information content (AvgIpc) is 2.69. The van der Waals surface area contributed by atoms with Crippen LogP contribution in [0.4, 0.5) is 4.39 Å². The highest BCUT2D eigenvalue weighted by atomic mass is 19.1. The van der Waals surface area contributed by atoms with E-state index in [0.29, 0.717) is 6.54 Å². The fourth-order valence-corrected chi connectivity index (χ4v) is 3.68. The maximum atomic E-state index is 12.9. The average molecular weight is 368 g/mol. The molecule has 0 aromatic heterocycles. The third kappa shape index (κ3) is 5.90. The summed E-state index contributed by atoms with van der Waals surface area (Å²) < 4.78 is 12.9. The van der Waals surface area contributed by atoms with Crippen LogP contribution in [-0.2, 0) is 17.8 Å². The summed E-state index contributed by atoms with van der Waals surface area (Å²) in [5.41, 5.74) is 3.81. The first-order chi connectivity index (χ1) is 13.1. The van der Waals surface area contributed by atoms with Gasteiger partial charge in [-0.05, 0) is 74.5 Å². The lowest BCUT2D eigenvalue weighted by molar-refractivity contribution is -0.126. The van der Waals surface area contributed by atoms with Crippen LogP contribution < -0.4 is 5.32 Å². The minimum Gasteiger partial charge on any atom is -0.356 e. The van der Waals surface area contributed by atoms with E-state index in [2.05, 4.69) is 41.4 Å². The number of hydrogen-bond donors (Lipinski definition) is 1. The van der Waals surface area contributed by atoms with Crippen molar-refractivity contribution in [3.8, 4) is 0 Å². The Morgan fingerprint density at radius 2 is 1.81 bits per heavy atom. The van der Waals surface area contributed by atoms with Gasteiger partial charge in [-0.3, -0.25) is 9.69 Å². The molecule has 1 aliphatic rings. The Bertz CT molecular complexity index is 736. The molecule has 0 radical (unpaired) electrons. The number of piperidine rings is 1. The number of carbonyl (C=O) groups excluding carboxylic acids is 1. The van der Waals surface area contributed by atoms with Crippen molar-refractivity contribution in [1.82, 2.24) is 10.2 Å². The molecule has 0 atom stereocenters. The molecule has 0 spiro atoms. The molecule has 1 fully saturated rings. The first-order valence-electron chi connectivity index (χ1n) is 9.91. The molecule has 0 bridgehead atoms. The fraction of sp³-hybridized carbons (Fsp3) is 0.435. The van der Waals surface area contributed by atoms with Gasteiger partial charge in [0.25, 0.3) is 0 Å². The van der Waals surface area contributed by atoms with Crippen LogP contribution in [0, 0.1) is 18.7 Å². The van der Waals surface area contributed by atoms with Gasteiger partial charge in [0.15, 0.2) is 0 Å². The predicted molar refractivity (Wildman–Crippen MR) is 107 cm³/mol. The van der Waals surface area contributed by atoms with E-state index in [9.17, 15) is 9.18 Å². The third-order valence-corrected chi connectivity index (χ3v) is 5.47. The molecular formula is C23H29FN2O. The molecule has 1 aliphatic heterocycles. The number of nitrogens with zero attached hydrogens (tertiary/aromatic N) is 1. The Labute approximate surface area is 161 Å². The van der Waals surface area contributed by atoms with E-state index in [1.807, 2.05) is 0 Å². The van der Waals surface area contributed by atoms with Crippen molar-refractivity contribution in [3.63, 3.8) is 0 Å². The molecule has 1 amide bonds. The standard InChI is InChI=1S/C23H29FN2O/c1-18-5-2-3-7-21(18)17-26-15-12-20(13-16-26)23(27)25-14-4-6-19-8-10-22(24)11-9-19/h2-3,5,7-11,20H,4,6,12-17H2,1H3,(H,25,27). The van der Waals surface area contributed by atoms with Gasteiger partial charge in [-0.25, -0.2) is 4.39 Å². The summed E-state index contributed by atoms with van der Waals surface area (Å²) in [4.78, 5) is 14.8. The van der Waals surface area contributed by atoms with Crippen LogP contribution in [0.1, 0.15) is 36.0 Å². The highest BCUT2D eigenvalue weighted by Crippen LogP contribution is 2.20. The van der Waals surface area contributed by atoms with Gasteiger partial charge in [0.2, 0.25) is 5.91 Å². The van der Waals surface area contributed by atoms with Gasteiger partial charge in [-0.2, -0.15) is 0 Å². The smallest absolute Gasteiger partial charge is 0.223 e. The first kappa shape index (κ1) is 19.6. The van der Waals surface area contributed by atoms with Gasteiger partial charge in [0.05, 0.1) is 0 Å². The second-order valence-electron chi connectivity index (χ2n) is 7.50. The van der Waals surface area contributed by atoms with E-state index in [0.717, 1.165) is 50.9 Å². The highest BCUT2D eigenvalue weighted by Gasteiger charge is 2.24. The van der Waals surface area contributed by atoms with Gasteiger partial charge in [-0.15, -0.1) is 0 Å². The molecule has 2 aromatic carbocycles. The van der Waals surface area contributed by atoms with E-state index in [1.165, 1.54) is 23.3 Å². The largest absolute Gasteiger partial charge is 0.356 e. The molecule has 27 heavy (non-hydrogen) atoms. The number of amides is 1. The maximum Gasteiger partial charge on any atom is 0.223 e. The third-order valence-electron chi connectivity index (χ3n) is 5.47. The van der Waals surface area contributed by atoms with Crippen molar-refractivity contribution < 1.29 is 9.18 Å². The van der Waals surface area contributed by atoms with Crippen molar-refractivity contribution in [3.05, 3.63) is 71.0 Å². The molecule has 1 saturated heterocycles. The Kier molecular flexibility index (Phi) is 6.99. The number of aryl methyl sites for hydroxylation is 2. The number of nitrogens with one attached hydrogen (secondary N) is 1. The zero-order valence-electron chi connectivity index (χ0n) is 16.1. The van der Waals surface area contributed by atoms with Crippen molar-refractivity contribution in [2.75, 3.05) is 19.6 Å². The summed E-state index contributed by atoms with van der Waals surface area (Å²) >= 11 is 0. The number of likely N-dealkylation sites (tertiary alicyclic amines) is 1. The molecule has 3 nitrogen and oxygen atoms in total. The van der Waals surface area contributed by atoms with Crippen LogP contribution >= 0.6 is 0 Å². The van der Waals surface area contributed by atoms with Crippen LogP contribution in [0.15, 0.2) is 48.5 Å². The van der Waals surface area contributed by atoms with Crippen LogP contribution in [0.2, 0.25) is 0 Å². The summed E-state index contributed by atoms with van der Waals surface area (Å²) in [6.07, 6.45) is 3.59. The number of carbonyl (C=O) groups is 1. The van der Waals surface area contributed by atoms with E-state index in [1.54, 1.807) is 12.1 Å². The van der Waals surface area contributed by atoms with E-state index < -0.39 is 0 Å². The second kappa shape index (κ2) is 9.65. The Hall–Kier alpha value is -2.20. The Morgan fingerprint density at radius 3 is 2.52 bits per heavy atom. The summed E-state index contributed by atoms with van der Waals surface area (Å²) in [5, 5.41) is 3.08. The molecular weight excluding hydrogens is 339 g/mol. The van der Waals surface area contributed by atoms with Crippen molar-refractivity contribution >= 4 is 5.91 Å². The lowest BCUT2D eigenvalue weighted by Crippen LogP contribution is -2.40. The Morgan fingerprint density at radius 1 is 1.11 bits per heavy atom. The summed E-state index contributed by atoms with van der Waals surface area (Å²) in [6.45, 7) is 5.75. The molecule has 3 rings (SSSR count). The number of rotatable bonds is 7. The first-order valence-corrected chi connectivity index (χ1v) is 9.91. The molecule has 144 valence electrons. The maximum absolute atomic E-state index is 12.9. The van der Waals surface area contributed by atoms with E-state index in [4.69, 9.17) is 0 Å². The zero-order valence-corrected chi connectivity index (χ0v) is 16.1. The topological polar surface area (TPSA) is 32.3 Å². The predicted octanol–water partition coefficient (Wildman–Crippen LogP) is 4.10. The molecule has 0 unspecified atom stereocenters. The normalized spacial score (nSPS) is 15.6.